The lowest BCUT2D eigenvalue weighted by atomic mass is 10.1. The van der Waals surface area contributed by atoms with E-state index < -0.39 is 0 Å². The molecule has 0 saturated heterocycles. The second kappa shape index (κ2) is 7.28. The van der Waals surface area contributed by atoms with Gasteiger partial charge in [0, 0.05) is 11.1 Å². The summed E-state index contributed by atoms with van der Waals surface area (Å²) in [5.74, 6) is -0.0952. The van der Waals surface area contributed by atoms with Crippen LogP contribution in [0.5, 0.6) is 5.75 Å². The Kier molecular flexibility index (Phi) is 4.72. The van der Waals surface area contributed by atoms with Gasteiger partial charge in [-0.2, -0.15) is 5.10 Å². The van der Waals surface area contributed by atoms with E-state index in [4.69, 9.17) is 0 Å². The molecule has 3 rings (SSSR count). The molecule has 5 heteroatoms. The highest BCUT2D eigenvalue weighted by molar-refractivity contribution is 5.95. The van der Waals surface area contributed by atoms with E-state index in [9.17, 15) is 9.90 Å². The van der Waals surface area contributed by atoms with Crippen molar-refractivity contribution < 1.29 is 9.90 Å². The zero-order valence-corrected chi connectivity index (χ0v) is 12.9. The Bertz CT molecular complexity index is 885. The molecule has 24 heavy (non-hydrogen) atoms. The van der Waals surface area contributed by atoms with Gasteiger partial charge >= 0.3 is 0 Å². The number of hydrazone groups is 1. The normalized spacial score (nSPS) is 10.8. The van der Waals surface area contributed by atoms with Crippen LogP contribution < -0.4 is 10.7 Å². The van der Waals surface area contributed by atoms with Crippen molar-refractivity contribution >= 4 is 28.6 Å². The highest BCUT2D eigenvalue weighted by atomic mass is 16.3. The number of carbonyl (C=O) groups excluding carboxylic acids is 1. The number of aromatic hydroxyl groups is 1. The summed E-state index contributed by atoms with van der Waals surface area (Å²) in [5, 5.41) is 18.5. The maximum absolute atomic E-state index is 11.9. The number of nitrogens with zero attached hydrogens (tertiary/aromatic N) is 1. The van der Waals surface area contributed by atoms with Crippen LogP contribution in [0.2, 0.25) is 0 Å². The number of hydrogen-bond acceptors (Lipinski definition) is 4. The predicted molar refractivity (Wildman–Crippen MR) is 96.3 cm³/mol. The summed E-state index contributed by atoms with van der Waals surface area (Å²) in [6.45, 7) is 0.116. The molecule has 0 fully saturated rings. The largest absolute Gasteiger partial charge is 0.508 e. The molecule has 0 radical (unpaired) electrons. The molecule has 0 aliphatic rings. The number of nitrogens with one attached hydrogen (secondary N) is 2. The zero-order chi connectivity index (χ0) is 16.8. The number of rotatable bonds is 5. The van der Waals surface area contributed by atoms with Gasteiger partial charge < -0.3 is 10.4 Å². The first-order chi connectivity index (χ1) is 11.7. The number of amides is 1. The van der Waals surface area contributed by atoms with Crippen molar-refractivity contribution in [2.24, 2.45) is 5.10 Å². The van der Waals surface area contributed by atoms with Crippen LogP contribution in [0.15, 0.2) is 71.8 Å². The molecule has 3 aromatic rings. The van der Waals surface area contributed by atoms with E-state index in [1.807, 2.05) is 42.5 Å². The average Bonchev–Trinajstić information content (AvgIpc) is 2.60. The topological polar surface area (TPSA) is 73.7 Å². The standard InChI is InChI=1S/C19H17N3O2/c23-16-8-3-5-14(11-16)12-21-22-19(24)13-20-18-10-4-7-15-6-1-2-9-17(15)18/h1-12,20,23H,13H2,(H,22,24). The van der Waals surface area contributed by atoms with Gasteiger partial charge in [0.2, 0.25) is 0 Å². The maximum atomic E-state index is 11.9. The van der Waals surface area contributed by atoms with Crippen molar-refractivity contribution in [3.63, 3.8) is 0 Å². The summed E-state index contributed by atoms with van der Waals surface area (Å²) >= 11 is 0. The molecule has 0 aliphatic heterocycles. The molecule has 1 amide bonds. The lowest BCUT2D eigenvalue weighted by Gasteiger charge is -2.08. The molecule has 0 heterocycles. The van der Waals surface area contributed by atoms with Crippen LogP contribution in [0.1, 0.15) is 5.56 Å². The summed E-state index contributed by atoms with van der Waals surface area (Å²) in [6, 6.07) is 20.5. The summed E-state index contributed by atoms with van der Waals surface area (Å²) in [5.41, 5.74) is 4.06. The minimum absolute atomic E-state index is 0.116. The molecule has 0 atom stereocenters. The van der Waals surface area contributed by atoms with Gasteiger partial charge in [0.25, 0.3) is 5.91 Å². The molecule has 0 aromatic heterocycles. The maximum Gasteiger partial charge on any atom is 0.259 e. The first-order valence-electron chi connectivity index (χ1n) is 7.55. The molecule has 0 spiro atoms. The Morgan fingerprint density at radius 3 is 2.71 bits per heavy atom. The van der Waals surface area contributed by atoms with E-state index in [0.29, 0.717) is 5.56 Å². The van der Waals surface area contributed by atoms with Crippen LogP contribution in [0.25, 0.3) is 10.8 Å². The van der Waals surface area contributed by atoms with Crippen LogP contribution in [-0.2, 0) is 4.79 Å². The summed E-state index contributed by atoms with van der Waals surface area (Å²) in [6.07, 6.45) is 1.48. The van der Waals surface area contributed by atoms with Gasteiger partial charge in [0.1, 0.15) is 5.75 Å². The lowest BCUT2D eigenvalue weighted by Crippen LogP contribution is -2.25. The summed E-state index contributed by atoms with van der Waals surface area (Å²) in [7, 11) is 0. The van der Waals surface area contributed by atoms with Gasteiger partial charge in [-0.3, -0.25) is 4.79 Å². The van der Waals surface area contributed by atoms with Crippen LogP contribution in [-0.4, -0.2) is 23.8 Å². The minimum Gasteiger partial charge on any atom is -0.508 e. The number of anilines is 1. The van der Waals surface area contributed by atoms with Gasteiger partial charge in [0.05, 0.1) is 12.8 Å². The molecule has 0 aliphatic carbocycles. The molecule has 0 saturated carbocycles. The van der Waals surface area contributed by atoms with Crippen LogP contribution in [0.3, 0.4) is 0 Å². The Morgan fingerprint density at radius 2 is 1.83 bits per heavy atom. The fourth-order valence-corrected chi connectivity index (χ4v) is 2.38. The van der Waals surface area contributed by atoms with E-state index >= 15 is 0 Å². The Hall–Kier alpha value is -3.34. The van der Waals surface area contributed by atoms with Gasteiger partial charge in [-0.1, -0.05) is 48.5 Å². The van der Waals surface area contributed by atoms with Crippen molar-refractivity contribution in [1.82, 2.24) is 5.43 Å². The van der Waals surface area contributed by atoms with E-state index in [1.54, 1.807) is 24.3 Å². The van der Waals surface area contributed by atoms with Gasteiger partial charge in [-0.05, 0) is 29.1 Å². The molecule has 3 N–H and O–H groups in total. The van der Waals surface area contributed by atoms with Gasteiger partial charge in [-0.25, -0.2) is 5.43 Å². The third-order valence-electron chi connectivity index (χ3n) is 3.50. The second-order valence-corrected chi connectivity index (χ2v) is 5.27. The van der Waals surface area contributed by atoms with E-state index in [0.717, 1.165) is 16.5 Å². The van der Waals surface area contributed by atoms with Gasteiger partial charge in [0.15, 0.2) is 0 Å². The zero-order valence-electron chi connectivity index (χ0n) is 12.9. The number of carbonyl (C=O) groups is 1. The van der Waals surface area contributed by atoms with Crippen molar-refractivity contribution in [2.75, 3.05) is 11.9 Å². The number of benzene rings is 3. The lowest BCUT2D eigenvalue weighted by molar-refractivity contribution is -0.119. The summed E-state index contributed by atoms with van der Waals surface area (Å²) < 4.78 is 0. The number of fused-ring (bicyclic) bond motifs is 1. The fraction of sp³-hybridized carbons (Fsp3) is 0.0526. The monoisotopic (exact) mass is 319 g/mol. The third kappa shape index (κ3) is 3.89. The molecular formula is C19H17N3O2. The van der Waals surface area contributed by atoms with Crippen LogP contribution >= 0.6 is 0 Å². The molecular weight excluding hydrogens is 302 g/mol. The average molecular weight is 319 g/mol. The first-order valence-corrected chi connectivity index (χ1v) is 7.55. The van der Waals surface area contributed by atoms with Crippen LogP contribution in [0, 0.1) is 0 Å². The summed E-state index contributed by atoms with van der Waals surface area (Å²) in [4.78, 5) is 11.9. The van der Waals surface area contributed by atoms with Gasteiger partial charge in [-0.15, -0.1) is 0 Å². The number of hydrogen-bond donors (Lipinski definition) is 3. The molecule has 0 bridgehead atoms. The number of phenols is 1. The minimum atomic E-state index is -0.251. The van der Waals surface area contributed by atoms with Crippen molar-refractivity contribution in [3.8, 4) is 5.75 Å². The highest BCUT2D eigenvalue weighted by Crippen LogP contribution is 2.22. The second-order valence-electron chi connectivity index (χ2n) is 5.27. The van der Waals surface area contributed by atoms with E-state index in [1.165, 1.54) is 6.21 Å². The molecule has 120 valence electrons. The fourth-order valence-electron chi connectivity index (χ4n) is 2.38. The third-order valence-corrected chi connectivity index (χ3v) is 3.50. The van der Waals surface area contributed by atoms with E-state index in [2.05, 4.69) is 15.8 Å². The highest BCUT2D eigenvalue weighted by Gasteiger charge is 2.03. The smallest absolute Gasteiger partial charge is 0.259 e. The Balaban J connectivity index is 1.57. The quantitative estimate of drug-likeness (QED) is 0.500. The van der Waals surface area contributed by atoms with Crippen LogP contribution in [0.4, 0.5) is 5.69 Å². The Morgan fingerprint density at radius 1 is 1.04 bits per heavy atom. The molecule has 0 unspecified atom stereocenters. The SMILES string of the molecule is O=C(CNc1cccc2ccccc12)NN=Cc1cccc(O)c1. The number of phenolic OH excluding ortho intramolecular Hbond substituents is 1. The van der Waals surface area contributed by atoms with Crippen molar-refractivity contribution in [2.45, 2.75) is 0 Å². The van der Waals surface area contributed by atoms with Crippen molar-refractivity contribution in [3.05, 3.63) is 72.3 Å². The molecule has 3 aromatic carbocycles. The van der Waals surface area contributed by atoms with E-state index in [-0.39, 0.29) is 18.2 Å². The Labute approximate surface area is 139 Å². The molecule has 5 nitrogen and oxygen atoms in total. The first kappa shape index (κ1) is 15.6. The van der Waals surface area contributed by atoms with Crippen molar-refractivity contribution in [1.29, 1.82) is 0 Å². The predicted octanol–water partition coefficient (Wildman–Crippen LogP) is 3.11.